The highest BCUT2D eigenvalue weighted by Gasteiger charge is 2.12. The number of nitrogens with zero attached hydrogens (tertiary/aromatic N) is 1. The molecule has 2 rings (SSSR count). The van der Waals surface area contributed by atoms with Crippen LogP contribution in [0.1, 0.15) is 24.2 Å². The number of amides is 1. The monoisotopic (exact) mass is 269 g/mol. The lowest BCUT2D eigenvalue weighted by molar-refractivity contribution is 0.0772. The minimum absolute atomic E-state index is 0.0357. The van der Waals surface area contributed by atoms with E-state index in [2.05, 4.69) is 0 Å². The molecule has 3 nitrogen and oxygen atoms in total. The molecule has 3 heteroatoms. The predicted molar refractivity (Wildman–Crippen MR) is 80.2 cm³/mol. The van der Waals surface area contributed by atoms with Crippen molar-refractivity contribution in [1.82, 2.24) is 4.90 Å². The fourth-order valence-corrected chi connectivity index (χ4v) is 2.01. The zero-order valence-electron chi connectivity index (χ0n) is 11.9. The molecule has 0 radical (unpaired) electrons. The maximum Gasteiger partial charge on any atom is 0.253 e. The first-order chi connectivity index (χ1) is 9.74. The number of benzene rings is 2. The van der Waals surface area contributed by atoms with Gasteiger partial charge in [0.1, 0.15) is 11.5 Å². The lowest BCUT2D eigenvalue weighted by Crippen LogP contribution is -2.30. The van der Waals surface area contributed by atoms with E-state index in [9.17, 15) is 4.79 Å². The van der Waals surface area contributed by atoms with Crippen LogP contribution in [0, 0.1) is 0 Å². The van der Waals surface area contributed by atoms with Crippen molar-refractivity contribution in [1.29, 1.82) is 0 Å². The Balaban J connectivity index is 2.18. The second kappa shape index (κ2) is 6.75. The van der Waals surface area contributed by atoms with E-state index >= 15 is 0 Å². The van der Waals surface area contributed by atoms with Gasteiger partial charge in [-0.3, -0.25) is 4.79 Å². The molecule has 0 aliphatic carbocycles. The van der Waals surface area contributed by atoms with Crippen molar-refractivity contribution in [2.45, 2.75) is 13.8 Å². The first-order valence-corrected chi connectivity index (χ1v) is 6.86. The topological polar surface area (TPSA) is 29.5 Å². The molecule has 0 N–H and O–H groups in total. The van der Waals surface area contributed by atoms with Gasteiger partial charge in [-0.25, -0.2) is 0 Å². The molecule has 0 atom stereocenters. The maximum atomic E-state index is 12.3. The van der Waals surface area contributed by atoms with Gasteiger partial charge in [-0.15, -0.1) is 0 Å². The van der Waals surface area contributed by atoms with Crippen LogP contribution >= 0.6 is 0 Å². The molecular weight excluding hydrogens is 250 g/mol. The van der Waals surface area contributed by atoms with Gasteiger partial charge in [0, 0.05) is 18.7 Å². The van der Waals surface area contributed by atoms with E-state index < -0.39 is 0 Å². The fraction of sp³-hybridized carbons (Fsp3) is 0.235. The van der Waals surface area contributed by atoms with Crippen LogP contribution in [0.4, 0.5) is 0 Å². The first kappa shape index (κ1) is 14.1. The van der Waals surface area contributed by atoms with Crippen LogP contribution in [0.25, 0.3) is 0 Å². The van der Waals surface area contributed by atoms with E-state index in [0.717, 1.165) is 5.75 Å². The Morgan fingerprint density at radius 1 is 0.950 bits per heavy atom. The van der Waals surface area contributed by atoms with Crippen molar-refractivity contribution in [3.63, 3.8) is 0 Å². The van der Waals surface area contributed by atoms with Gasteiger partial charge in [-0.2, -0.15) is 0 Å². The molecule has 2 aromatic carbocycles. The largest absolute Gasteiger partial charge is 0.457 e. The lowest BCUT2D eigenvalue weighted by Gasteiger charge is -2.18. The molecule has 0 saturated carbocycles. The van der Waals surface area contributed by atoms with Crippen LogP contribution in [0.5, 0.6) is 11.5 Å². The summed E-state index contributed by atoms with van der Waals surface area (Å²) in [6.07, 6.45) is 0. The Kier molecular flexibility index (Phi) is 4.77. The molecule has 0 aliphatic heterocycles. The van der Waals surface area contributed by atoms with Gasteiger partial charge in [0.25, 0.3) is 5.91 Å². The van der Waals surface area contributed by atoms with Crippen LogP contribution in [-0.4, -0.2) is 23.9 Å². The normalized spacial score (nSPS) is 10.1. The molecule has 0 fully saturated rings. The second-order valence-corrected chi connectivity index (χ2v) is 4.42. The van der Waals surface area contributed by atoms with Crippen LogP contribution in [0.15, 0.2) is 54.6 Å². The summed E-state index contributed by atoms with van der Waals surface area (Å²) in [5.41, 5.74) is 0.655. The van der Waals surface area contributed by atoms with Crippen molar-refractivity contribution in [2.24, 2.45) is 0 Å². The summed E-state index contributed by atoms with van der Waals surface area (Å²) in [6.45, 7) is 5.37. The Labute approximate surface area is 119 Å². The van der Waals surface area contributed by atoms with Gasteiger partial charge in [0.2, 0.25) is 0 Å². The Morgan fingerprint density at radius 3 is 2.25 bits per heavy atom. The van der Waals surface area contributed by atoms with Crippen LogP contribution in [0.3, 0.4) is 0 Å². The lowest BCUT2D eigenvalue weighted by atomic mass is 10.2. The van der Waals surface area contributed by atoms with Crippen molar-refractivity contribution >= 4 is 5.91 Å². The molecule has 0 bridgehead atoms. The number of carbonyl (C=O) groups excluding carboxylic acids is 1. The number of hydrogen-bond donors (Lipinski definition) is 0. The van der Waals surface area contributed by atoms with E-state index in [1.165, 1.54) is 0 Å². The number of rotatable bonds is 5. The zero-order chi connectivity index (χ0) is 14.4. The van der Waals surface area contributed by atoms with Crippen molar-refractivity contribution in [2.75, 3.05) is 13.1 Å². The third kappa shape index (κ3) is 3.38. The molecule has 0 heterocycles. The Hall–Kier alpha value is -2.29. The SMILES string of the molecule is CCN(CC)C(=O)c1cccc(Oc2ccccc2)c1. The number of hydrogen-bond acceptors (Lipinski definition) is 2. The molecule has 1 amide bonds. The van der Waals surface area contributed by atoms with Gasteiger partial charge in [-0.05, 0) is 44.2 Å². The van der Waals surface area contributed by atoms with Gasteiger partial charge >= 0.3 is 0 Å². The standard InChI is InChI=1S/C17H19NO2/c1-3-18(4-2)17(19)14-9-8-12-16(13-14)20-15-10-6-5-7-11-15/h5-13H,3-4H2,1-2H3. The average molecular weight is 269 g/mol. The predicted octanol–water partition coefficient (Wildman–Crippen LogP) is 3.96. The number of para-hydroxylation sites is 1. The van der Waals surface area contributed by atoms with Crippen LogP contribution < -0.4 is 4.74 Å². The summed E-state index contributed by atoms with van der Waals surface area (Å²) >= 11 is 0. The molecule has 0 aliphatic rings. The maximum absolute atomic E-state index is 12.3. The van der Waals surface area contributed by atoms with Crippen LogP contribution in [-0.2, 0) is 0 Å². The highest BCUT2D eigenvalue weighted by Crippen LogP contribution is 2.22. The molecule has 20 heavy (non-hydrogen) atoms. The van der Waals surface area contributed by atoms with Gasteiger partial charge in [0.15, 0.2) is 0 Å². The molecule has 2 aromatic rings. The van der Waals surface area contributed by atoms with E-state index in [-0.39, 0.29) is 5.91 Å². The summed E-state index contributed by atoms with van der Waals surface area (Å²) in [7, 11) is 0. The second-order valence-electron chi connectivity index (χ2n) is 4.42. The molecule has 104 valence electrons. The third-order valence-corrected chi connectivity index (χ3v) is 3.11. The average Bonchev–Trinajstić information content (AvgIpc) is 2.49. The highest BCUT2D eigenvalue weighted by molar-refractivity contribution is 5.94. The summed E-state index contributed by atoms with van der Waals surface area (Å²) < 4.78 is 5.75. The fourth-order valence-electron chi connectivity index (χ4n) is 2.01. The quantitative estimate of drug-likeness (QED) is 0.822. The van der Waals surface area contributed by atoms with E-state index in [4.69, 9.17) is 4.74 Å². The van der Waals surface area contributed by atoms with Gasteiger partial charge < -0.3 is 9.64 Å². The molecule has 0 unspecified atom stereocenters. The summed E-state index contributed by atoms with van der Waals surface area (Å²) in [6, 6.07) is 16.8. The Bertz CT molecular complexity index is 562. The van der Waals surface area contributed by atoms with E-state index in [0.29, 0.717) is 24.4 Å². The van der Waals surface area contributed by atoms with Crippen molar-refractivity contribution in [3.8, 4) is 11.5 Å². The smallest absolute Gasteiger partial charge is 0.253 e. The van der Waals surface area contributed by atoms with Crippen LogP contribution in [0.2, 0.25) is 0 Å². The minimum atomic E-state index is 0.0357. The first-order valence-electron chi connectivity index (χ1n) is 6.86. The summed E-state index contributed by atoms with van der Waals surface area (Å²) in [5.74, 6) is 1.47. The van der Waals surface area contributed by atoms with Crippen molar-refractivity contribution in [3.05, 3.63) is 60.2 Å². The molecule has 0 spiro atoms. The third-order valence-electron chi connectivity index (χ3n) is 3.11. The van der Waals surface area contributed by atoms with E-state index in [1.54, 1.807) is 11.0 Å². The van der Waals surface area contributed by atoms with Gasteiger partial charge in [-0.1, -0.05) is 24.3 Å². The summed E-state index contributed by atoms with van der Waals surface area (Å²) in [4.78, 5) is 14.1. The van der Waals surface area contributed by atoms with E-state index in [1.807, 2.05) is 62.4 Å². The van der Waals surface area contributed by atoms with Crippen molar-refractivity contribution < 1.29 is 9.53 Å². The molecular formula is C17H19NO2. The zero-order valence-corrected chi connectivity index (χ0v) is 11.9. The summed E-state index contributed by atoms with van der Waals surface area (Å²) in [5, 5.41) is 0. The van der Waals surface area contributed by atoms with Gasteiger partial charge in [0.05, 0.1) is 0 Å². The number of carbonyl (C=O) groups is 1. The highest BCUT2D eigenvalue weighted by atomic mass is 16.5. The Morgan fingerprint density at radius 2 is 1.60 bits per heavy atom. The minimum Gasteiger partial charge on any atom is -0.457 e. The molecule has 0 aromatic heterocycles. The molecule has 0 saturated heterocycles. The number of ether oxygens (including phenoxy) is 1.